The van der Waals surface area contributed by atoms with Gasteiger partial charge in [0.25, 0.3) is 5.91 Å². The minimum Gasteiger partial charge on any atom is -0.306 e. The van der Waals surface area contributed by atoms with Crippen LogP contribution in [-0.4, -0.2) is 23.8 Å². The molecular weight excluding hydrogens is 433 g/mol. The van der Waals surface area contributed by atoms with E-state index in [1.165, 1.54) is 17.0 Å². The second-order valence-electron chi connectivity index (χ2n) is 9.13. The molecule has 1 N–H and O–H groups in total. The fraction of sp³-hybridized carbons (Fsp3) is 0.222. The number of rotatable bonds is 3. The predicted molar refractivity (Wildman–Crippen MR) is 124 cm³/mol. The molecule has 0 aromatic heterocycles. The van der Waals surface area contributed by atoms with Crippen LogP contribution in [0.4, 0.5) is 15.8 Å². The van der Waals surface area contributed by atoms with Crippen LogP contribution < -0.4 is 15.1 Å². The SMILES string of the molecule is C[C@H]1N[C@]2(C(=O)N(Cc3ccc(F)cc3)c3ccccc32)[C@@H]2C(=O)N(c3ccccc3)C(=O)[C@@H]21. The van der Waals surface area contributed by atoms with Gasteiger partial charge in [-0.2, -0.15) is 0 Å². The molecule has 2 fully saturated rings. The van der Waals surface area contributed by atoms with E-state index >= 15 is 0 Å². The van der Waals surface area contributed by atoms with E-state index in [2.05, 4.69) is 5.32 Å². The summed E-state index contributed by atoms with van der Waals surface area (Å²) in [6, 6.07) is 21.9. The second-order valence-corrected chi connectivity index (χ2v) is 9.13. The Labute approximate surface area is 196 Å². The van der Waals surface area contributed by atoms with Gasteiger partial charge in [0, 0.05) is 17.3 Å². The minimum absolute atomic E-state index is 0.232. The summed E-state index contributed by atoms with van der Waals surface area (Å²) in [5.41, 5.74) is 1.32. The maximum Gasteiger partial charge on any atom is 0.253 e. The highest BCUT2D eigenvalue weighted by atomic mass is 19.1. The molecule has 3 aromatic rings. The van der Waals surface area contributed by atoms with Crippen molar-refractivity contribution in [1.29, 1.82) is 0 Å². The molecule has 3 aliphatic heterocycles. The van der Waals surface area contributed by atoms with Gasteiger partial charge in [-0.3, -0.25) is 19.7 Å². The minimum atomic E-state index is -1.34. The average molecular weight is 455 g/mol. The number of anilines is 2. The van der Waals surface area contributed by atoms with Gasteiger partial charge in [0.2, 0.25) is 11.8 Å². The van der Waals surface area contributed by atoms with Crippen molar-refractivity contribution < 1.29 is 18.8 Å². The zero-order valence-electron chi connectivity index (χ0n) is 18.4. The van der Waals surface area contributed by atoms with E-state index in [-0.39, 0.29) is 36.1 Å². The van der Waals surface area contributed by atoms with Crippen LogP contribution in [0.15, 0.2) is 78.9 Å². The molecule has 0 unspecified atom stereocenters. The predicted octanol–water partition coefficient (Wildman–Crippen LogP) is 3.37. The van der Waals surface area contributed by atoms with Gasteiger partial charge in [-0.15, -0.1) is 0 Å². The normalized spacial score (nSPS) is 27.6. The number of hydrogen-bond donors (Lipinski definition) is 1. The van der Waals surface area contributed by atoms with Gasteiger partial charge in [-0.25, -0.2) is 9.29 Å². The number of hydrogen-bond acceptors (Lipinski definition) is 4. The molecule has 6 rings (SSSR count). The Kier molecular flexibility index (Phi) is 4.47. The molecule has 7 heteroatoms. The smallest absolute Gasteiger partial charge is 0.253 e. The van der Waals surface area contributed by atoms with Crippen molar-refractivity contribution in [3.63, 3.8) is 0 Å². The van der Waals surface area contributed by atoms with Crippen molar-refractivity contribution >= 4 is 29.1 Å². The standard InChI is InChI=1S/C27H22FN3O3/c1-16-22-23(25(33)31(24(22)32)19-7-3-2-4-8-19)27(29-16)20-9-5-6-10-21(20)30(26(27)34)15-17-11-13-18(28)14-12-17/h2-14,16,22-23,29H,15H2,1H3/t16-,22-,23+,27+/m1/s1. The number of carbonyl (C=O) groups excluding carboxylic acids is 3. The molecule has 0 bridgehead atoms. The highest BCUT2D eigenvalue weighted by Gasteiger charge is 2.71. The number of carbonyl (C=O) groups is 3. The van der Waals surface area contributed by atoms with E-state index in [1.807, 2.05) is 37.3 Å². The maximum absolute atomic E-state index is 14.1. The number of fused-ring (bicyclic) bond motifs is 4. The molecule has 0 radical (unpaired) electrons. The number of halogens is 1. The molecule has 0 saturated carbocycles. The van der Waals surface area contributed by atoms with Crippen molar-refractivity contribution in [3.8, 4) is 0 Å². The quantitative estimate of drug-likeness (QED) is 0.615. The first-order chi connectivity index (χ1) is 16.4. The van der Waals surface area contributed by atoms with Crippen LogP contribution in [0.5, 0.6) is 0 Å². The van der Waals surface area contributed by atoms with Gasteiger partial charge < -0.3 is 4.90 Å². The molecule has 4 atom stereocenters. The largest absolute Gasteiger partial charge is 0.306 e. The molecule has 2 saturated heterocycles. The Morgan fingerprint density at radius 3 is 2.29 bits per heavy atom. The molecular formula is C27H22FN3O3. The molecule has 3 aromatic carbocycles. The Morgan fingerprint density at radius 1 is 0.882 bits per heavy atom. The van der Waals surface area contributed by atoms with Crippen LogP contribution in [0.2, 0.25) is 0 Å². The van der Waals surface area contributed by atoms with Gasteiger partial charge >= 0.3 is 0 Å². The Hall–Kier alpha value is -3.84. The molecule has 0 aliphatic carbocycles. The summed E-state index contributed by atoms with van der Waals surface area (Å²) < 4.78 is 13.4. The summed E-state index contributed by atoms with van der Waals surface area (Å²) >= 11 is 0. The summed E-state index contributed by atoms with van der Waals surface area (Å²) in [6.07, 6.45) is 0. The molecule has 34 heavy (non-hydrogen) atoms. The number of benzene rings is 3. The zero-order chi connectivity index (χ0) is 23.6. The Bertz CT molecular complexity index is 1330. The number of para-hydroxylation sites is 2. The average Bonchev–Trinajstić information content (AvgIpc) is 3.39. The molecule has 1 spiro atoms. The van der Waals surface area contributed by atoms with Crippen LogP contribution in [0.1, 0.15) is 18.1 Å². The third-order valence-electron chi connectivity index (χ3n) is 7.28. The molecule has 3 aliphatic rings. The Morgan fingerprint density at radius 2 is 1.56 bits per heavy atom. The first-order valence-corrected chi connectivity index (χ1v) is 11.3. The van der Waals surface area contributed by atoms with Gasteiger partial charge in [0.15, 0.2) is 0 Å². The fourth-order valence-corrected chi connectivity index (χ4v) is 5.87. The van der Waals surface area contributed by atoms with Crippen molar-refractivity contribution in [2.24, 2.45) is 11.8 Å². The lowest BCUT2D eigenvalue weighted by Gasteiger charge is -2.30. The van der Waals surface area contributed by atoms with Crippen molar-refractivity contribution in [1.82, 2.24) is 5.32 Å². The van der Waals surface area contributed by atoms with Gasteiger partial charge in [-0.05, 0) is 42.8 Å². The molecule has 170 valence electrons. The first-order valence-electron chi connectivity index (χ1n) is 11.3. The van der Waals surface area contributed by atoms with Crippen LogP contribution in [0.3, 0.4) is 0 Å². The number of nitrogens with zero attached hydrogens (tertiary/aromatic N) is 2. The van der Waals surface area contributed by atoms with Gasteiger partial charge in [-0.1, -0.05) is 48.5 Å². The topological polar surface area (TPSA) is 69.7 Å². The van der Waals surface area contributed by atoms with Crippen LogP contribution in [-0.2, 0) is 26.5 Å². The van der Waals surface area contributed by atoms with Crippen LogP contribution >= 0.6 is 0 Å². The highest BCUT2D eigenvalue weighted by molar-refractivity contribution is 6.26. The van der Waals surface area contributed by atoms with Crippen molar-refractivity contribution in [2.75, 3.05) is 9.80 Å². The monoisotopic (exact) mass is 455 g/mol. The van der Waals surface area contributed by atoms with E-state index in [9.17, 15) is 18.8 Å². The van der Waals surface area contributed by atoms with E-state index in [0.29, 0.717) is 16.9 Å². The second kappa shape index (κ2) is 7.33. The summed E-state index contributed by atoms with van der Waals surface area (Å²) in [4.78, 5) is 44.3. The third kappa shape index (κ3) is 2.67. The number of amides is 3. The molecule has 6 nitrogen and oxygen atoms in total. The summed E-state index contributed by atoms with van der Waals surface area (Å²) in [6.45, 7) is 2.08. The van der Waals surface area contributed by atoms with E-state index < -0.39 is 17.4 Å². The van der Waals surface area contributed by atoms with Crippen molar-refractivity contribution in [2.45, 2.75) is 25.0 Å². The van der Waals surface area contributed by atoms with E-state index in [0.717, 1.165) is 5.56 Å². The summed E-state index contributed by atoms with van der Waals surface area (Å²) in [7, 11) is 0. The lowest BCUT2D eigenvalue weighted by Crippen LogP contribution is -2.54. The third-order valence-corrected chi connectivity index (χ3v) is 7.28. The lowest BCUT2D eigenvalue weighted by molar-refractivity contribution is -0.132. The van der Waals surface area contributed by atoms with E-state index in [1.54, 1.807) is 41.3 Å². The van der Waals surface area contributed by atoms with E-state index in [4.69, 9.17) is 0 Å². The highest BCUT2D eigenvalue weighted by Crippen LogP contribution is 2.55. The maximum atomic E-state index is 14.1. The number of imide groups is 1. The van der Waals surface area contributed by atoms with Gasteiger partial charge in [0.1, 0.15) is 11.4 Å². The lowest BCUT2D eigenvalue weighted by atomic mass is 9.76. The van der Waals surface area contributed by atoms with Crippen molar-refractivity contribution in [3.05, 3.63) is 95.8 Å². The first kappa shape index (κ1) is 20.7. The van der Waals surface area contributed by atoms with Crippen LogP contribution in [0.25, 0.3) is 0 Å². The fourth-order valence-electron chi connectivity index (χ4n) is 5.87. The van der Waals surface area contributed by atoms with Gasteiger partial charge in [0.05, 0.1) is 24.1 Å². The number of nitrogens with one attached hydrogen (secondary N) is 1. The summed E-state index contributed by atoms with van der Waals surface area (Å²) in [5, 5.41) is 3.38. The Balaban J connectivity index is 1.46. The zero-order valence-corrected chi connectivity index (χ0v) is 18.4. The summed E-state index contributed by atoms with van der Waals surface area (Å²) in [5.74, 6) is -2.80. The molecule has 3 amide bonds. The van der Waals surface area contributed by atoms with Crippen LogP contribution in [0, 0.1) is 17.7 Å². The molecule has 3 heterocycles.